The zero-order valence-corrected chi connectivity index (χ0v) is 25.1. The van der Waals surface area contributed by atoms with Gasteiger partial charge in [0.2, 0.25) is 0 Å². The predicted octanol–water partition coefficient (Wildman–Crippen LogP) is 5.57. The van der Waals surface area contributed by atoms with Crippen LogP contribution in [0.4, 0.5) is 0 Å². The molecular weight excluding hydrogens is 514 g/mol. The number of Topliss-reactive ketones (excluding diaryl/α,β-unsaturated/α-hetero) is 1. The van der Waals surface area contributed by atoms with Gasteiger partial charge in [0, 0.05) is 42.4 Å². The first-order valence-electron chi connectivity index (χ1n) is 14.4. The summed E-state index contributed by atoms with van der Waals surface area (Å²) in [5.74, 6) is 2.19. The van der Waals surface area contributed by atoms with Crippen molar-refractivity contribution in [2.45, 2.75) is 85.7 Å². The third-order valence-corrected chi connectivity index (χ3v) is 7.07. The van der Waals surface area contributed by atoms with Crippen LogP contribution in [0.5, 0.6) is 5.75 Å². The molecule has 0 saturated heterocycles. The molecule has 0 unspecified atom stereocenters. The van der Waals surface area contributed by atoms with Crippen LogP contribution < -0.4 is 10.4 Å². The first-order chi connectivity index (χ1) is 19.6. The maximum absolute atomic E-state index is 13.1. The van der Waals surface area contributed by atoms with Crippen molar-refractivity contribution in [3.63, 3.8) is 0 Å². The van der Waals surface area contributed by atoms with Gasteiger partial charge in [-0.25, -0.2) is 19.4 Å². The van der Waals surface area contributed by atoms with Crippen molar-refractivity contribution in [3.8, 4) is 17.1 Å². The van der Waals surface area contributed by atoms with Crippen LogP contribution in [-0.2, 0) is 42.6 Å². The summed E-state index contributed by atoms with van der Waals surface area (Å²) in [5, 5.41) is 4.69. The van der Waals surface area contributed by atoms with Gasteiger partial charge in [0.05, 0.1) is 13.2 Å². The van der Waals surface area contributed by atoms with Crippen LogP contribution in [0.15, 0.2) is 59.5 Å². The van der Waals surface area contributed by atoms with E-state index < -0.39 is 0 Å². The molecule has 0 aliphatic carbocycles. The highest BCUT2D eigenvalue weighted by atomic mass is 16.5. The zero-order chi connectivity index (χ0) is 29.6. The molecule has 2 aromatic heterocycles. The van der Waals surface area contributed by atoms with Gasteiger partial charge in [-0.1, -0.05) is 45.0 Å². The van der Waals surface area contributed by atoms with Crippen LogP contribution in [0.1, 0.15) is 76.2 Å². The van der Waals surface area contributed by atoms with Gasteiger partial charge in [-0.05, 0) is 74.4 Å². The van der Waals surface area contributed by atoms with E-state index >= 15 is 0 Å². The van der Waals surface area contributed by atoms with E-state index in [1.165, 1.54) is 5.56 Å². The molecule has 8 heteroatoms. The van der Waals surface area contributed by atoms with Gasteiger partial charge in [0.1, 0.15) is 17.4 Å². The molecule has 41 heavy (non-hydrogen) atoms. The van der Waals surface area contributed by atoms with Crippen molar-refractivity contribution in [3.05, 3.63) is 93.4 Å². The van der Waals surface area contributed by atoms with Gasteiger partial charge < -0.3 is 4.74 Å². The largest absolute Gasteiger partial charge is 0.494 e. The van der Waals surface area contributed by atoms with E-state index in [0.717, 1.165) is 41.1 Å². The number of rotatable bonds is 12. The number of carbonyl (C=O) groups is 1. The van der Waals surface area contributed by atoms with Crippen LogP contribution in [0.25, 0.3) is 11.4 Å². The summed E-state index contributed by atoms with van der Waals surface area (Å²) in [4.78, 5) is 34.1. The lowest BCUT2D eigenvalue weighted by atomic mass is 9.87. The average molecular weight is 556 g/mol. The quantitative estimate of drug-likeness (QED) is 0.227. The van der Waals surface area contributed by atoms with E-state index in [4.69, 9.17) is 14.8 Å². The second kappa shape index (κ2) is 13.1. The summed E-state index contributed by atoms with van der Waals surface area (Å²) in [6, 6.07) is 16.1. The summed E-state index contributed by atoms with van der Waals surface area (Å²) in [7, 11) is 0. The fraction of sp³-hybridized carbons (Fsp3) is 0.424. The van der Waals surface area contributed by atoms with Crippen LogP contribution in [0.2, 0.25) is 0 Å². The third-order valence-electron chi connectivity index (χ3n) is 7.07. The lowest BCUT2D eigenvalue weighted by Gasteiger charge is -2.19. The van der Waals surface area contributed by atoms with Crippen molar-refractivity contribution in [1.29, 1.82) is 0 Å². The summed E-state index contributed by atoms with van der Waals surface area (Å²) in [5.41, 5.74) is 4.93. The molecule has 0 bridgehead atoms. The molecule has 216 valence electrons. The molecule has 0 radical (unpaired) electrons. The number of benzene rings is 2. The van der Waals surface area contributed by atoms with E-state index in [1.54, 1.807) is 22.4 Å². The summed E-state index contributed by atoms with van der Waals surface area (Å²) < 4.78 is 9.02. The molecule has 0 amide bonds. The van der Waals surface area contributed by atoms with E-state index in [2.05, 4.69) is 50.0 Å². The topological polar surface area (TPSA) is 91.9 Å². The highest BCUT2D eigenvalue weighted by Crippen LogP contribution is 2.26. The van der Waals surface area contributed by atoms with Crippen molar-refractivity contribution in [1.82, 2.24) is 24.3 Å². The van der Waals surface area contributed by atoms with E-state index in [1.807, 2.05) is 38.1 Å². The molecule has 8 nitrogen and oxygen atoms in total. The molecule has 0 saturated carbocycles. The van der Waals surface area contributed by atoms with Gasteiger partial charge in [0.25, 0.3) is 0 Å². The Morgan fingerprint density at radius 3 is 2.41 bits per heavy atom. The van der Waals surface area contributed by atoms with Crippen molar-refractivity contribution in [2.75, 3.05) is 6.61 Å². The predicted molar refractivity (Wildman–Crippen MR) is 161 cm³/mol. The number of aromatic nitrogens is 5. The summed E-state index contributed by atoms with van der Waals surface area (Å²) in [6.07, 6.45) is 4.26. The molecular formula is C33H41N5O3. The van der Waals surface area contributed by atoms with Crippen molar-refractivity contribution >= 4 is 5.78 Å². The molecule has 0 atom stereocenters. The van der Waals surface area contributed by atoms with Crippen molar-refractivity contribution in [2.24, 2.45) is 0 Å². The summed E-state index contributed by atoms with van der Waals surface area (Å²) >= 11 is 0. The minimum Gasteiger partial charge on any atom is -0.494 e. The molecule has 0 spiro atoms. The Balaban J connectivity index is 1.45. The first kappa shape index (κ1) is 29.9. The Labute approximate surface area is 242 Å². The average Bonchev–Trinajstić information content (AvgIpc) is 3.23. The lowest BCUT2D eigenvalue weighted by Crippen LogP contribution is -2.25. The Hall–Kier alpha value is -4.07. The van der Waals surface area contributed by atoms with Crippen LogP contribution in [0.3, 0.4) is 0 Å². The number of carbonyl (C=O) groups excluding carboxylic acids is 1. The molecule has 0 aliphatic rings. The monoisotopic (exact) mass is 555 g/mol. The number of nitrogens with zero attached hydrogens (tertiary/aromatic N) is 5. The number of hydrogen-bond acceptors (Lipinski definition) is 6. The highest BCUT2D eigenvalue weighted by Gasteiger charge is 2.16. The number of hydrogen-bond donors (Lipinski definition) is 0. The highest BCUT2D eigenvalue weighted by molar-refractivity contribution is 5.79. The molecule has 2 aromatic carbocycles. The number of ketones is 1. The second-order valence-corrected chi connectivity index (χ2v) is 11.4. The van der Waals surface area contributed by atoms with Crippen LogP contribution in [-0.4, -0.2) is 36.7 Å². The van der Waals surface area contributed by atoms with Gasteiger partial charge >= 0.3 is 5.69 Å². The minimum absolute atomic E-state index is 0.0733. The van der Waals surface area contributed by atoms with E-state index in [9.17, 15) is 9.59 Å². The maximum atomic E-state index is 13.1. The van der Waals surface area contributed by atoms with Gasteiger partial charge in [-0.2, -0.15) is 5.10 Å². The Kier molecular flexibility index (Phi) is 9.53. The fourth-order valence-corrected chi connectivity index (χ4v) is 4.90. The maximum Gasteiger partial charge on any atom is 0.346 e. The standard InChI is InChI=1S/C33H41N5O3/c1-7-37-30(36-38(32(37)40)22-24-12-15-27(16-13-24)33(4,5)6)11-9-10-28-18-19-34-31(35-28)25-14-17-29(41-8-2)26(21-25)20-23(3)39/h12-19,21H,7-11,20,22H2,1-6H3. The van der Waals surface area contributed by atoms with Crippen molar-refractivity contribution < 1.29 is 9.53 Å². The fourth-order valence-electron chi connectivity index (χ4n) is 4.90. The Morgan fingerprint density at radius 1 is 1.00 bits per heavy atom. The molecule has 0 N–H and O–H groups in total. The third kappa shape index (κ3) is 7.57. The molecule has 4 aromatic rings. The van der Waals surface area contributed by atoms with Gasteiger partial charge in [0.15, 0.2) is 5.82 Å². The first-order valence-corrected chi connectivity index (χ1v) is 14.4. The molecule has 4 rings (SSSR count). The van der Waals surface area contributed by atoms with E-state index in [0.29, 0.717) is 44.1 Å². The van der Waals surface area contributed by atoms with Gasteiger partial charge in [-0.15, -0.1) is 0 Å². The minimum atomic E-state index is -0.0800. The lowest BCUT2D eigenvalue weighted by molar-refractivity contribution is -0.116. The SMILES string of the molecule is CCOc1ccc(-c2nccc(CCCc3nn(Cc4ccc(C(C)(C)C)cc4)c(=O)n3CC)n2)cc1CC(C)=O. The zero-order valence-electron chi connectivity index (χ0n) is 25.1. The summed E-state index contributed by atoms with van der Waals surface area (Å²) in [6.45, 7) is 13.6. The number of aryl methyl sites for hydroxylation is 2. The Bertz CT molecular complexity index is 1540. The normalized spacial score (nSPS) is 11.6. The van der Waals surface area contributed by atoms with Crippen LogP contribution >= 0.6 is 0 Å². The Morgan fingerprint density at radius 2 is 1.76 bits per heavy atom. The molecule has 0 fully saturated rings. The van der Waals surface area contributed by atoms with Crippen LogP contribution in [0, 0.1) is 0 Å². The molecule has 2 heterocycles. The second-order valence-electron chi connectivity index (χ2n) is 11.4. The van der Waals surface area contributed by atoms with E-state index in [-0.39, 0.29) is 16.9 Å². The smallest absolute Gasteiger partial charge is 0.346 e. The molecule has 0 aliphatic heterocycles. The van der Waals surface area contributed by atoms with Gasteiger partial charge in [-0.3, -0.25) is 9.36 Å². The number of ether oxygens (including phenoxy) is 1.